The van der Waals surface area contributed by atoms with E-state index in [-0.39, 0.29) is 0 Å². The standard InChI is InChI=1S/C22H36N4O3/c1-23-22(24-11-5-13-29-20-9-14-28-15-10-20)25-18-6-4-12-26(17-18)19-7-3-8-21(16-19)27-2/h3,7-8,16,18,20H,4-6,9-15,17H2,1-2H3,(H2,23,24,25). The second-order valence-electron chi connectivity index (χ2n) is 7.67. The molecule has 2 saturated heterocycles. The molecule has 1 aromatic carbocycles. The SMILES string of the molecule is CN=C(NCCCOC1CCOCC1)NC1CCCN(c2cccc(OC)c2)C1. The fourth-order valence-corrected chi connectivity index (χ4v) is 3.90. The van der Waals surface area contributed by atoms with Crippen molar-refractivity contribution in [2.75, 3.05) is 58.5 Å². The van der Waals surface area contributed by atoms with Crippen molar-refractivity contribution in [3.63, 3.8) is 0 Å². The van der Waals surface area contributed by atoms with Gasteiger partial charge in [-0.25, -0.2) is 0 Å². The van der Waals surface area contributed by atoms with E-state index in [0.29, 0.717) is 12.1 Å². The summed E-state index contributed by atoms with van der Waals surface area (Å²) in [5.41, 5.74) is 1.21. The van der Waals surface area contributed by atoms with Crippen LogP contribution in [0.5, 0.6) is 5.75 Å². The van der Waals surface area contributed by atoms with E-state index >= 15 is 0 Å². The Hall–Kier alpha value is -1.99. The summed E-state index contributed by atoms with van der Waals surface area (Å²) < 4.78 is 16.7. The third kappa shape index (κ3) is 7.08. The second kappa shape index (κ2) is 11.9. The van der Waals surface area contributed by atoms with Crippen molar-refractivity contribution in [2.45, 2.75) is 44.2 Å². The fourth-order valence-electron chi connectivity index (χ4n) is 3.90. The number of nitrogens with one attached hydrogen (secondary N) is 2. The van der Waals surface area contributed by atoms with E-state index in [1.807, 2.05) is 19.2 Å². The van der Waals surface area contributed by atoms with Gasteiger partial charge in [0, 0.05) is 64.3 Å². The molecule has 1 atom stereocenters. The molecule has 0 saturated carbocycles. The van der Waals surface area contributed by atoms with Crippen molar-refractivity contribution in [3.05, 3.63) is 24.3 Å². The van der Waals surface area contributed by atoms with Gasteiger partial charge in [0.15, 0.2) is 5.96 Å². The number of rotatable bonds is 8. The maximum Gasteiger partial charge on any atom is 0.191 e. The number of piperidine rings is 1. The molecule has 29 heavy (non-hydrogen) atoms. The molecule has 1 aromatic rings. The Labute approximate surface area is 174 Å². The van der Waals surface area contributed by atoms with Crippen LogP contribution in [0.2, 0.25) is 0 Å². The third-order valence-corrected chi connectivity index (χ3v) is 5.54. The van der Waals surface area contributed by atoms with Gasteiger partial charge in [-0.3, -0.25) is 4.99 Å². The van der Waals surface area contributed by atoms with Gasteiger partial charge in [-0.2, -0.15) is 0 Å². The number of nitrogens with zero attached hydrogens (tertiary/aromatic N) is 2. The first-order valence-corrected chi connectivity index (χ1v) is 10.8. The highest BCUT2D eigenvalue weighted by Crippen LogP contribution is 2.24. The van der Waals surface area contributed by atoms with Gasteiger partial charge < -0.3 is 29.7 Å². The van der Waals surface area contributed by atoms with Gasteiger partial charge in [0.1, 0.15) is 5.75 Å². The zero-order valence-corrected chi connectivity index (χ0v) is 17.9. The van der Waals surface area contributed by atoms with E-state index in [1.54, 1.807) is 7.11 Å². The summed E-state index contributed by atoms with van der Waals surface area (Å²) in [4.78, 5) is 6.81. The molecule has 0 spiro atoms. The van der Waals surface area contributed by atoms with Crippen LogP contribution in [0.25, 0.3) is 0 Å². The van der Waals surface area contributed by atoms with Crippen LogP contribution in [-0.4, -0.2) is 71.7 Å². The number of methoxy groups -OCH3 is 1. The van der Waals surface area contributed by atoms with Crippen molar-refractivity contribution in [3.8, 4) is 5.75 Å². The van der Waals surface area contributed by atoms with Crippen LogP contribution in [0.4, 0.5) is 5.69 Å². The van der Waals surface area contributed by atoms with Crippen molar-refractivity contribution < 1.29 is 14.2 Å². The Bertz CT molecular complexity index is 634. The Morgan fingerprint density at radius 2 is 2.14 bits per heavy atom. The molecule has 162 valence electrons. The lowest BCUT2D eigenvalue weighted by atomic mass is 10.0. The molecule has 2 aliphatic rings. The number of benzene rings is 1. The van der Waals surface area contributed by atoms with Crippen molar-refractivity contribution in [2.24, 2.45) is 4.99 Å². The normalized spacial score (nSPS) is 21.1. The highest BCUT2D eigenvalue weighted by molar-refractivity contribution is 5.80. The van der Waals surface area contributed by atoms with E-state index in [2.05, 4.69) is 32.7 Å². The van der Waals surface area contributed by atoms with Crippen molar-refractivity contribution >= 4 is 11.6 Å². The minimum absolute atomic E-state index is 0.367. The number of hydrogen-bond acceptors (Lipinski definition) is 5. The Morgan fingerprint density at radius 1 is 1.28 bits per heavy atom. The molecular formula is C22H36N4O3. The molecule has 0 radical (unpaired) electrons. The highest BCUT2D eigenvalue weighted by atomic mass is 16.5. The lowest BCUT2D eigenvalue weighted by Crippen LogP contribution is -2.51. The third-order valence-electron chi connectivity index (χ3n) is 5.54. The lowest BCUT2D eigenvalue weighted by Gasteiger charge is -2.35. The average Bonchev–Trinajstić information content (AvgIpc) is 2.79. The van der Waals surface area contributed by atoms with Crippen LogP contribution in [0.1, 0.15) is 32.1 Å². The van der Waals surface area contributed by atoms with Crippen LogP contribution in [0.3, 0.4) is 0 Å². The molecule has 1 unspecified atom stereocenters. The summed E-state index contributed by atoms with van der Waals surface area (Å²) >= 11 is 0. The van der Waals surface area contributed by atoms with Crippen LogP contribution in [0.15, 0.2) is 29.3 Å². The second-order valence-corrected chi connectivity index (χ2v) is 7.67. The topological polar surface area (TPSA) is 67.4 Å². The van der Waals surface area contributed by atoms with Crippen LogP contribution < -0.4 is 20.3 Å². The lowest BCUT2D eigenvalue weighted by molar-refractivity contribution is -0.0320. The molecule has 7 nitrogen and oxygen atoms in total. The number of aliphatic imine (C=N–C) groups is 1. The summed E-state index contributed by atoms with van der Waals surface area (Å²) in [6.07, 6.45) is 5.67. The zero-order valence-electron chi connectivity index (χ0n) is 17.9. The maximum atomic E-state index is 5.93. The molecule has 2 heterocycles. The molecular weight excluding hydrogens is 368 g/mol. The maximum absolute atomic E-state index is 5.93. The van der Waals surface area contributed by atoms with E-state index in [4.69, 9.17) is 14.2 Å². The van der Waals surface area contributed by atoms with Crippen molar-refractivity contribution in [1.29, 1.82) is 0 Å². The number of guanidine groups is 1. The molecule has 2 fully saturated rings. The fraction of sp³-hybridized carbons (Fsp3) is 0.682. The van der Waals surface area contributed by atoms with E-state index in [0.717, 1.165) is 83.3 Å². The van der Waals surface area contributed by atoms with Gasteiger partial charge in [0.2, 0.25) is 0 Å². The van der Waals surface area contributed by atoms with Crippen molar-refractivity contribution in [1.82, 2.24) is 10.6 Å². The quantitative estimate of drug-likeness (QED) is 0.394. The van der Waals surface area contributed by atoms with Gasteiger partial charge in [0.25, 0.3) is 0 Å². The summed E-state index contributed by atoms with van der Waals surface area (Å²) in [6.45, 7) is 5.32. The van der Waals surface area contributed by atoms with Gasteiger partial charge in [-0.15, -0.1) is 0 Å². The minimum Gasteiger partial charge on any atom is -0.497 e. The first-order valence-electron chi connectivity index (χ1n) is 10.8. The van der Waals surface area contributed by atoms with Gasteiger partial charge >= 0.3 is 0 Å². The molecule has 0 amide bonds. The molecule has 2 aliphatic heterocycles. The first-order chi connectivity index (χ1) is 14.3. The largest absolute Gasteiger partial charge is 0.497 e. The predicted octanol–water partition coefficient (Wildman–Crippen LogP) is 2.41. The van der Waals surface area contributed by atoms with Gasteiger partial charge in [-0.1, -0.05) is 6.07 Å². The minimum atomic E-state index is 0.367. The molecule has 0 aliphatic carbocycles. The Morgan fingerprint density at radius 3 is 2.93 bits per heavy atom. The Balaban J connectivity index is 1.38. The number of anilines is 1. The van der Waals surface area contributed by atoms with Crippen LogP contribution in [-0.2, 0) is 9.47 Å². The average molecular weight is 405 g/mol. The molecule has 3 rings (SSSR count). The van der Waals surface area contributed by atoms with Gasteiger partial charge in [0.05, 0.1) is 13.2 Å². The van der Waals surface area contributed by atoms with Crippen LogP contribution >= 0.6 is 0 Å². The summed E-state index contributed by atoms with van der Waals surface area (Å²) in [5.74, 6) is 1.77. The summed E-state index contributed by atoms with van der Waals surface area (Å²) in [7, 11) is 3.54. The Kier molecular flexibility index (Phi) is 8.89. The van der Waals surface area contributed by atoms with Gasteiger partial charge in [-0.05, 0) is 44.2 Å². The molecule has 0 bridgehead atoms. The smallest absolute Gasteiger partial charge is 0.191 e. The predicted molar refractivity (Wildman–Crippen MR) is 117 cm³/mol. The van der Waals surface area contributed by atoms with E-state index < -0.39 is 0 Å². The summed E-state index contributed by atoms with van der Waals surface area (Å²) in [5, 5.41) is 7.01. The molecule has 2 N–H and O–H groups in total. The monoisotopic (exact) mass is 404 g/mol. The number of ether oxygens (including phenoxy) is 3. The summed E-state index contributed by atoms with van der Waals surface area (Å²) in [6, 6.07) is 8.67. The number of hydrogen-bond donors (Lipinski definition) is 2. The zero-order chi connectivity index (χ0) is 20.3. The molecule has 0 aromatic heterocycles. The first kappa shape index (κ1) is 21.7. The van der Waals surface area contributed by atoms with E-state index in [1.165, 1.54) is 5.69 Å². The highest BCUT2D eigenvalue weighted by Gasteiger charge is 2.21. The molecule has 7 heteroatoms. The van der Waals surface area contributed by atoms with Crippen LogP contribution in [0, 0.1) is 0 Å². The van der Waals surface area contributed by atoms with E-state index in [9.17, 15) is 0 Å².